The monoisotopic (exact) mass is 480 g/mol. The lowest BCUT2D eigenvalue weighted by atomic mass is 10.1. The molecule has 0 spiro atoms. The quantitative estimate of drug-likeness (QED) is 0.385. The molecule has 0 heterocycles. The van der Waals surface area contributed by atoms with Crippen molar-refractivity contribution in [2.24, 2.45) is 0 Å². The lowest BCUT2D eigenvalue weighted by molar-refractivity contribution is -0.149. The number of hydrogen-bond acceptors (Lipinski definition) is 5. The van der Waals surface area contributed by atoms with Gasteiger partial charge < -0.3 is 20.1 Å². The Morgan fingerprint density at radius 2 is 1.53 bits per heavy atom. The lowest BCUT2D eigenvalue weighted by Gasteiger charge is -2.14. The van der Waals surface area contributed by atoms with Crippen molar-refractivity contribution in [2.75, 3.05) is 11.9 Å². The van der Waals surface area contributed by atoms with E-state index in [4.69, 9.17) is 21.1 Å². The molecule has 2 N–H and O–H groups in total. The van der Waals surface area contributed by atoms with Crippen LogP contribution in [0.25, 0.3) is 0 Å². The van der Waals surface area contributed by atoms with Crippen LogP contribution in [0.2, 0.25) is 5.02 Å². The number of esters is 1. The molecular weight excluding hydrogens is 456 g/mol. The molecule has 0 aromatic heterocycles. The summed E-state index contributed by atoms with van der Waals surface area (Å²) in [5.74, 6) is -0.287. The number of nitrogens with one attached hydrogen (secondary N) is 2. The van der Waals surface area contributed by atoms with Gasteiger partial charge in [0.25, 0.3) is 5.91 Å². The minimum absolute atomic E-state index is 0.0707. The first-order valence-electron chi connectivity index (χ1n) is 10.7. The Hall–Kier alpha value is -3.84. The Morgan fingerprint density at radius 1 is 0.853 bits per heavy atom. The number of halogens is 1. The van der Waals surface area contributed by atoms with Crippen LogP contribution in [0.15, 0.2) is 78.9 Å². The van der Waals surface area contributed by atoms with E-state index < -0.39 is 18.5 Å². The van der Waals surface area contributed by atoms with Crippen molar-refractivity contribution in [1.82, 2.24) is 5.32 Å². The van der Waals surface area contributed by atoms with Gasteiger partial charge in [0.2, 0.25) is 5.91 Å². The summed E-state index contributed by atoms with van der Waals surface area (Å²) in [5, 5.41) is 5.96. The summed E-state index contributed by atoms with van der Waals surface area (Å²) in [6, 6.07) is 23.1. The molecule has 0 aliphatic carbocycles. The average molecular weight is 481 g/mol. The molecule has 8 heteroatoms. The normalized spacial score (nSPS) is 11.2. The third kappa shape index (κ3) is 7.94. The molecule has 34 heavy (non-hydrogen) atoms. The molecule has 0 fully saturated rings. The van der Waals surface area contributed by atoms with Gasteiger partial charge in [0.05, 0.1) is 17.5 Å². The Morgan fingerprint density at radius 3 is 2.24 bits per heavy atom. The first kappa shape index (κ1) is 24.8. The Bertz CT molecular complexity index is 1120. The predicted molar refractivity (Wildman–Crippen MR) is 130 cm³/mol. The summed E-state index contributed by atoms with van der Waals surface area (Å²) >= 11 is 6.08. The summed E-state index contributed by atoms with van der Waals surface area (Å²) in [6.45, 7) is 1.44. The van der Waals surface area contributed by atoms with E-state index in [1.165, 1.54) is 0 Å². The van der Waals surface area contributed by atoms with Crippen LogP contribution in [0, 0.1) is 0 Å². The number of ether oxygens (including phenoxy) is 2. The molecular formula is C26H25ClN2O5. The van der Waals surface area contributed by atoms with Crippen LogP contribution < -0.4 is 15.4 Å². The zero-order chi connectivity index (χ0) is 24.3. The van der Waals surface area contributed by atoms with Gasteiger partial charge in [-0.25, -0.2) is 0 Å². The molecule has 176 valence electrons. The largest absolute Gasteiger partial charge is 0.456 e. The molecule has 2 amide bonds. The van der Waals surface area contributed by atoms with E-state index in [0.29, 0.717) is 22.2 Å². The van der Waals surface area contributed by atoms with Crippen molar-refractivity contribution in [3.8, 4) is 11.5 Å². The van der Waals surface area contributed by atoms with Crippen LogP contribution in [0.3, 0.4) is 0 Å². The van der Waals surface area contributed by atoms with Crippen LogP contribution >= 0.6 is 11.6 Å². The van der Waals surface area contributed by atoms with Crippen LogP contribution in [0.5, 0.6) is 11.5 Å². The first-order valence-corrected chi connectivity index (χ1v) is 11.1. The molecule has 0 aliphatic heterocycles. The number of carbonyl (C=O) groups is 3. The van der Waals surface area contributed by atoms with E-state index in [9.17, 15) is 14.4 Å². The van der Waals surface area contributed by atoms with E-state index in [1.54, 1.807) is 36.4 Å². The van der Waals surface area contributed by atoms with E-state index in [2.05, 4.69) is 10.6 Å². The van der Waals surface area contributed by atoms with Gasteiger partial charge in [-0.1, -0.05) is 54.1 Å². The second kappa shape index (κ2) is 12.4. The van der Waals surface area contributed by atoms with Gasteiger partial charge >= 0.3 is 5.97 Å². The van der Waals surface area contributed by atoms with Crippen molar-refractivity contribution in [3.63, 3.8) is 0 Å². The van der Waals surface area contributed by atoms with Gasteiger partial charge in [0, 0.05) is 12.1 Å². The van der Waals surface area contributed by atoms with Crippen molar-refractivity contribution >= 4 is 35.1 Å². The van der Waals surface area contributed by atoms with Crippen LogP contribution in [-0.4, -0.2) is 24.4 Å². The van der Waals surface area contributed by atoms with Crippen LogP contribution in [0.4, 0.5) is 5.69 Å². The zero-order valence-electron chi connectivity index (χ0n) is 18.6. The molecule has 0 bridgehead atoms. The maximum Gasteiger partial charge on any atom is 0.306 e. The third-order valence-corrected chi connectivity index (χ3v) is 5.11. The van der Waals surface area contributed by atoms with Gasteiger partial charge in [-0.15, -0.1) is 0 Å². The number of anilines is 1. The maximum absolute atomic E-state index is 12.1. The molecule has 3 aromatic carbocycles. The number of carbonyl (C=O) groups excluding carboxylic acids is 3. The molecule has 0 aliphatic rings. The first-order chi connectivity index (χ1) is 16.4. The van der Waals surface area contributed by atoms with E-state index in [1.807, 2.05) is 49.4 Å². The van der Waals surface area contributed by atoms with Gasteiger partial charge in [-0.2, -0.15) is 0 Å². The molecule has 0 saturated carbocycles. The lowest BCUT2D eigenvalue weighted by Crippen LogP contribution is -2.31. The van der Waals surface area contributed by atoms with Gasteiger partial charge in [-0.3, -0.25) is 14.4 Å². The topological polar surface area (TPSA) is 93.7 Å². The molecule has 1 atom stereocenters. The number of para-hydroxylation sites is 1. The molecule has 3 aromatic rings. The summed E-state index contributed by atoms with van der Waals surface area (Å²) in [7, 11) is 0. The van der Waals surface area contributed by atoms with Crippen LogP contribution in [-0.2, 0) is 19.1 Å². The molecule has 0 unspecified atom stereocenters. The fourth-order valence-electron chi connectivity index (χ4n) is 3.03. The van der Waals surface area contributed by atoms with E-state index in [0.717, 1.165) is 5.56 Å². The Kier molecular flexibility index (Phi) is 9.05. The van der Waals surface area contributed by atoms with E-state index in [-0.39, 0.29) is 24.8 Å². The minimum atomic E-state index is -0.624. The smallest absolute Gasteiger partial charge is 0.306 e. The summed E-state index contributed by atoms with van der Waals surface area (Å²) in [5.41, 5.74) is 1.50. The van der Waals surface area contributed by atoms with Crippen molar-refractivity contribution < 1.29 is 23.9 Å². The highest BCUT2D eigenvalue weighted by atomic mass is 35.5. The SMILES string of the molecule is C[C@H](NC(=O)COC(=O)CCC(=O)Nc1ccc(Oc2ccccc2Cl)cc1)c1ccccc1. The minimum Gasteiger partial charge on any atom is -0.456 e. The van der Waals surface area contributed by atoms with E-state index >= 15 is 0 Å². The van der Waals surface area contributed by atoms with Crippen molar-refractivity contribution in [2.45, 2.75) is 25.8 Å². The predicted octanol–water partition coefficient (Wildman–Crippen LogP) is 5.27. The second-order valence-electron chi connectivity index (χ2n) is 7.47. The van der Waals surface area contributed by atoms with Gasteiger partial charge in [-0.05, 0) is 48.9 Å². The Balaban J connectivity index is 1.36. The standard InChI is InChI=1S/C26H25ClN2O5/c1-18(19-7-3-2-4-8-19)28-25(31)17-33-26(32)16-15-24(30)29-20-11-13-21(14-12-20)34-23-10-6-5-9-22(23)27/h2-14,18H,15-17H2,1H3,(H,28,31)(H,29,30)/t18-/m0/s1. The maximum atomic E-state index is 12.1. The fraction of sp³-hybridized carbons (Fsp3) is 0.192. The molecule has 0 radical (unpaired) electrons. The molecule has 0 saturated heterocycles. The van der Waals surface area contributed by atoms with Gasteiger partial charge in [0.15, 0.2) is 6.61 Å². The molecule has 3 rings (SSSR count). The average Bonchev–Trinajstić information content (AvgIpc) is 2.84. The number of amides is 2. The molecule has 7 nitrogen and oxygen atoms in total. The zero-order valence-corrected chi connectivity index (χ0v) is 19.4. The van der Waals surface area contributed by atoms with Crippen molar-refractivity contribution in [3.05, 3.63) is 89.4 Å². The summed E-state index contributed by atoms with van der Waals surface area (Å²) < 4.78 is 10.7. The highest BCUT2D eigenvalue weighted by Crippen LogP contribution is 2.29. The number of hydrogen-bond donors (Lipinski definition) is 2. The number of rotatable bonds is 10. The second-order valence-corrected chi connectivity index (χ2v) is 7.87. The van der Waals surface area contributed by atoms with Crippen molar-refractivity contribution in [1.29, 1.82) is 0 Å². The number of benzene rings is 3. The summed E-state index contributed by atoms with van der Waals surface area (Å²) in [4.78, 5) is 36.0. The Labute approximate surface area is 203 Å². The summed E-state index contributed by atoms with van der Waals surface area (Å²) in [6.07, 6.45) is -0.209. The highest BCUT2D eigenvalue weighted by molar-refractivity contribution is 6.32. The fourth-order valence-corrected chi connectivity index (χ4v) is 3.20. The van der Waals surface area contributed by atoms with Gasteiger partial charge in [0.1, 0.15) is 11.5 Å². The highest BCUT2D eigenvalue weighted by Gasteiger charge is 2.13. The van der Waals surface area contributed by atoms with Crippen LogP contribution in [0.1, 0.15) is 31.4 Å². The third-order valence-electron chi connectivity index (χ3n) is 4.80.